The van der Waals surface area contributed by atoms with E-state index in [0.717, 1.165) is 24.6 Å². The lowest BCUT2D eigenvalue weighted by molar-refractivity contribution is -0.138. The SMILES string of the molecule is [C-]#[N+]c1ccc(N(Cc2ccccc2C(F)(F)F)[C@H]2CCN(Cc3ccccc3[N+]#[C-])C2)cc1Cl. The van der Waals surface area contributed by atoms with E-state index in [4.69, 9.17) is 24.7 Å². The van der Waals surface area contributed by atoms with Crippen LogP contribution in [-0.2, 0) is 19.3 Å². The van der Waals surface area contributed by atoms with Gasteiger partial charge in [0, 0.05) is 42.9 Å². The minimum atomic E-state index is -4.46. The number of hydrogen-bond donors (Lipinski definition) is 0. The van der Waals surface area contributed by atoms with Crippen LogP contribution >= 0.6 is 11.6 Å². The Labute approximate surface area is 207 Å². The molecule has 4 nitrogen and oxygen atoms in total. The lowest BCUT2D eigenvalue weighted by atomic mass is 10.0. The van der Waals surface area contributed by atoms with Crippen LogP contribution in [-0.4, -0.2) is 24.0 Å². The molecular weight excluding hydrogens is 473 g/mol. The van der Waals surface area contributed by atoms with Crippen molar-refractivity contribution in [2.24, 2.45) is 0 Å². The molecule has 0 radical (unpaired) electrons. The summed E-state index contributed by atoms with van der Waals surface area (Å²) in [5.41, 5.74) is 2.04. The molecule has 3 aromatic rings. The van der Waals surface area contributed by atoms with Crippen LogP contribution in [0.4, 0.5) is 30.2 Å². The van der Waals surface area contributed by atoms with Crippen LogP contribution < -0.4 is 4.90 Å². The highest BCUT2D eigenvalue weighted by molar-refractivity contribution is 6.33. The van der Waals surface area contributed by atoms with Gasteiger partial charge in [-0.15, -0.1) is 0 Å². The summed E-state index contributed by atoms with van der Waals surface area (Å²) >= 11 is 6.30. The van der Waals surface area contributed by atoms with Gasteiger partial charge in [-0.05, 0) is 35.7 Å². The molecule has 1 saturated heterocycles. The van der Waals surface area contributed by atoms with Crippen molar-refractivity contribution < 1.29 is 13.2 Å². The van der Waals surface area contributed by atoms with E-state index < -0.39 is 11.7 Å². The lowest BCUT2D eigenvalue weighted by Gasteiger charge is -2.33. The number of para-hydroxylation sites is 1. The molecule has 0 saturated carbocycles. The van der Waals surface area contributed by atoms with Crippen molar-refractivity contribution in [2.45, 2.75) is 31.7 Å². The molecule has 0 amide bonds. The van der Waals surface area contributed by atoms with Gasteiger partial charge in [0.05, 0.1) is 18.7 Å². The van der Waals surface area contributed by atoms with Crippen LogP contribution in [0.1, 0.15) is 23.1 Å². The molecule has 8 heteroatoms. The van der Waals surface area contributed by atoms with Crippen molar-refractivity contribution in [1.29, 1.82) is 0 Å². The van der Waals surface area contributed by atoms with E-state index in [0.29, 0.717) is 30.2 Å². The monoisotopic (exact) mass is 494 g/mol. The van der Waals surface area contributed by atoms with Gasteiger partial charge in [-0.2, -0.15) is 13.2 Å². The highest BCUT2D eigenvalue weighted by Gasteiger charge is 2.35. The Hall–Kier alpha value is -3.52. The molecule has 35 heavy (non-hydrogen) atoms. The zero-order valence-corrected chi connectivity index (χ0v) is 19.5. The van der Waals surface area contributed by atoms with E-state index in [1.165, 1.54) is 12.1 Å². The van der Waals surface area contributed by atoms with E-state index >= 15 is 0 Å². The van der Waals surface area contributed by atoms with Gasteiger partial charge >= 0.3 is 6.18 Å². The van der Waals surface area contributed by atoms with Gasteiger partial charge < -0.3 is 4.90 Å². The smallest absolute Gasteiger partial charge is 0.363 e. The van der Waals surface area contributed by atoms with Crippen molar-refractivity contribution in [3.8, 4) is 0 Å². The first-order chi connectivity index (χ1) is 16.8. The van der Waals surface area contributed by atoms with E-state index in [1.54, 1.807) is 30.3 Å². The molecule has 1 fully saturated rings. The van der Waals surface area contributed by atoms with Crippen molar-refractivity contribution in [3.63, 3.8) is 0 Å². The fourth-order valence-electron chi connectivity index (χ4n) is 4.52. The standard InChI is InChI=1S/C27H22ClF3N4/c1-32-25-10-6-4-8-20(25)16-34-14-13-22(18-34)35(21-11-12-26(33-2)24(28)15-21)17-19-7-3-5-9-23(19)27(29,30)31/h3-12,15,22H,13-14,16-18H2/t22-/m0/s1. The minimum Gasteiger partial charge on any atom is -0.363 e. The topological polar surface area (TPSA) is 15.2 Å². The summed E-state index contributed by atoms with van der Waals surface area (Å²) in [4.78, 5) is 11.2. The average Bonchev–Trinajstić information content (AvgIpc) is 3.30. The zero-order valence-electron chi connectivity index (χ0n) is 18.8. The second-order valence-corrected chi connectivity index (χ2v) is 8.86. The molecule has 0 unspecified atom stereocenters. The molecule has 0 bridgehead atoms. The van der Waals surface area contributed by atoms with Gasteiger partial charge in [-0.1, -0.05) is 60.1 Å². The molecule has 1 atom stereocenters. The molecule has 0 aliphatic carbocycles. The number of likely N-dealkylation sites (tertiary alicyclic amines) is 1. The van der Waals surface area contributed by atoms with Crippen LogP contribution in [0.2, 0.25) is 5.02 Å². The van der Waals surface area contributed by atoms with Crippen LogP contribution in [0.15, 0.2) is 66.7 Å². The predicted octanol–water partition coefficient (Wildman–Crippen LogP) is 7.74. The maximum Gasteiger partial charge on any atom is 0.416 e. The van der Waals surface area contributed by atoms with Gasteiger partial charge in [-0.3, -0.25) is 4.90 Å². The number of rotatable bonds is 6. The van der Waals surface area contributed by atoms with Gasteiger partial charge in [0.25, 0.3) is 0 Å². The molecular formula is C27H22ClF3N4. The fraction of sp³-hybridized carbons (Fsp3) is 0.259. The first kappa shape index (κ1) is 24.6. The highest BCUT2D eigenvalue weighted by atomic mass is 35.5. The predicted molar refractivity (Wildman–Crippen MR) is 132 cm³/mol. The molecule has 3 aromatic carbocycles. The van der Waals surface area contributed by atoms with E-state index in [9.17, 15) is 13.2 Å². The quantitative estimate of drug-likeness (QED) is 0.325. The van der Waals surface area contributed by atoms with Gasteiger partial charge in [0.2, 0.25) is 5.69 Å². The molecule has 0 aromatic heterocycles. The van der Waals surface area contributed by atoms with Crippen molar-refractivity contribution in [3.05, 3.63) is 111 Å². The summed E-state index contributed by atoms with van der Waals surface area (Å²) in [6.45, 7) is 16.7. The van der Waals surface area contributed by atoms with Gasteiger partial charge in [-0.25, -0.2) is 9.69 Å². The van der Waals surface area contributed by atoms with E-state index in [2.05, 4.69) is 14.6 Å². The number of halogens is 4. The Balaban J connectivity index is 1.64. The van der Waals surface area contributed by atoms with E-state index in [-0.39, 0.29) is 23.2 Å². The molecule has 1 heterocycles. The number of hydrogen-bond acceptors (Lipinski definition) is 2. The maximum atomic E-state index is 13.7. The van der Waals surface area contributed by atoms with Gasteiger partial charge in [0.15, 0.2) is 5.69 Å². The van der Waals surface area contributed by atoms with Crippen molar-refractivity contribution >= 4 is 28.7 Å². The summed E-state index contributed by atoms with van der Waals surface area (Å²) in [5, 5.41) is 0.271. The number of nitrogens with zero attached hydrogens (tertiary/aromatic N) is 4. The summed E-state index contributed by atoms with van der Waals surface area (Å²) < 4.78 is 41.1. The lowest BCUT2D eigenvalue weighted by Crippen LogP contribution is -2.37. The second kappa shape index (κ2) is 10.4. The first-order valence-corrected chi connectivity index (χ1v) is 11.4. The second-order valence-electron chi connectivity index (χ2n) is 8.45. The van der Waals surface area contributed by atoms with Crippen molar-refractivity contribution in [1.82, 2.24) is 4.90 Å². The largest absolute Gasteiger partial charge is 0.416 e. The molecule has 1 aliphatic heterocycles. The van der Waals surface area contributed by atoms with Crippen LogP contribution in [0, 0.1) is 13.1 Å². The third-order valence-electron chi connectivity index (χ3n) is 6.24. The average molecular weight is 495 g/mol. The third kappa shape index (κ3) is 5.59. The Morgan fingerprint density at radius 1 is 0.943 bits per heavy atom. The zero-order chi connectivity index (χ0) is 25.0. The Morgan fingerprint density at radius 3 is 2.31 bits per heavy atom. The number of benzene rings is 3. The highest BCUT2D eigenvalue weighted by Crippen LogP contribution is 2.36. The Bertz CT molecular complexity index is 1290. The Morgan fingerprint density at radius 2 is 1.63 bits per heavy atom. The fourth-order valence-corrected chi connectivity index (χ4v) is 4.74. The summed E-state index contributed by atoms with van der Waals surface area (Å²) in [7, 11) is 0. The van der Waals surface area contributed by atoms with Gasteiger partial charge in [0.1, 0.15) is 0 Å². The third-order valence-corrected chi connectivity index (χ3v) is 6.54. The van der Waals surface area contributed by atoms with Crippen LogP contribution in [0.5, 0.6) is 0 Å². The molecule has 4 rings (SSSR count). The molecule has 0 N–H and O–H groups in total. The Kier molecular flexibility index (Phi) is 7.31. The summed E-state index contributed by atoms with van der Waals surface area (Å²) in [5.74, 6) is 0. The number of alkyl halides is 3. The van der Waals surface area contributed by atoms with Crippen molar-refractivity contribution in [2.75, 3.05) is 18.0 Å². The molecule has 178 valence electrons. The first-order valence-electron chi connectivity index (χ1n) is 11.1. The summed E-state index contributed by atoms with van der Waals surface area (Å²) in [6.07, 6.45) is -3.71. The molecule has 1 aliphatic rings. The minimum absolute atomic E-state index is 0.0561. The molecule has 0 spiro atoms. The van der Waals surface area contributed by atoms with E-state index in [1.807, 2.05) is 23.1 Å². The van der Waals surface area contributed by atoms with Crippen LogP contribution in [0.3, 0.4) is 0 Å². The maximum absolute atomic E-state index is 13.7. The number of anilines is 1. The summed E-state index contributed by atoms with van der Waals surface area (Å²) in [6, 6.07) is 18.0. The van der Waals surface area contributed by atoms with Crippen LogP contribution in [0.25, 0.3) is 9.69 Å². The normalized spacial score (nSPS) is 16.0.